The van der Waals surface area contributed by atoms with Crippen LogP contribution in [0.4, 0.5) is 5.69 Å². The summed E-state index contributed by atoms with van der Waals surface area (Å²) in [5, 5.41) is 18.0. The number of aryl methyl sites for hydroxylation is 1. The zero-order valence-electron chi connectivity index (χ0n) is 11.1. The molecule has 0 spiro atoms. The Morgan fingerprint density at radius 2 is 2.05 bits per heavy atom. The lowest BCUT2D eigenvalue weighted by atomic mass is 10.1. The minimum atomic E-state index is -4.09. The second-order valence-corrected chi connectivity index (χ2v) is 6.67. The molecule has 0 bridgehead atoms. The molecule has 0 aliphatic rings. The van der Waals surface area contributed by atoms with Gasteiger partial charge >= 0.3 is 0 Å². The third kappa shape index (κ3) is 2.74. The quantitative estimate of drug-likeness (QED) is 0.482. The van der Waals surface area contributed by atoms with Crippen molar-refractivity contribution in [1.82, 2.24) is 14.8 Å². The molecule has 0 fully saturated rings. The Kier molecular flexibility index (Phi) is 3.97. The van der Waals surface area contributed by atoms with Crippen molar-refractivity contribution in [1.29, 1.82) is 0 Å². The van der Waals surface area contributed by atoms with Gasteiger partial charge in [0, 0.05) is 23.3 Å². The second-order valence-electron chi connectivity index (χ2n) is 4.21. The minimum absolute atomic E-state index is 0.0986. The average molecular weight is 331 g/mol. The van der Waals surface area contributed by atoms with Gasteiger partial charge in [0.05, 0.1) is 10.5 Å². The predicted molar refractivity (Wildman–Crippen MR) is 75.6 cm³/mol. The van der Waals surface area contributed by atoms with E-state index in [0.29, 0.717) is 5.56 Å². The van der Waals surface area contributed by atoms with Crippen LogP contribution in [0, 0.1) is 17.0 Å². The molecular formula is C11H11ClN4O4S. The summed E-state index contributed by atoms with van der Waals surface area (Å²) in [6.07, 6.45) is 0. The average Bonchev–Trinajstić information content (AvgIpc) is 2.81. The van der Waals surface area contributed by atoms with E-state index in [2.05, 4.69) is 10.2 Å². The summed E-state index contributed by atoms with van der Waals surface area (Å²) >= 11 is 0. The Labute approximate surface area is 124 Å². The van der Waals surface area contributed by atoms with Crippen LogP contribution in [0.15, 0.2) is 23.4 Å². The molecule has 21 heavy (non-hydrogen) atoms. The minimum Gasteiger partial charge on any atom is -0.297 e. The number of rotatable bonds is 4. The highest BCUT2D eigenvalue weighted by Gasteiger charge is 2.27. The number of aromatic nitrogens is 3. The van der Waals surface area contributed by atoms with Crippen LogP contribution in [0.5, 0.6) is 0 Å². The van der Waals surface area contributed by atoms with E-state index in [4.69, 9.17) is 10.7 Å². The lowest BCUT2D eigenvalue weighted by Crippen LogP contribution is -2.07. The number of benzene rings is 1. The maximum absolute atomic E-state index is 11.5. The van der Waals surface area contributed by atoms with Gasteiger partial charge in [-0.1, -0.05) is 12.1 Å². The van der Waals surface area contributed by atoms with Crippen molar-refractivity contribution >= 4 is 25.4 Å². The van der Waals surface area contributed by atoms with Crippen LogP contribution in [-0.4, -0.2) is 28.1 Å². The van der Waals surface area contributed by atoms with Crippen LogP contribution in [0.3, 0.4) is 0 Å². The first kappa shape index (κ1) is 15.4. The molecule has 1 aromatic heterocycles. The number of nitro groups is 1. The molecule has 2 rings (SSSR count). The van der Waals surface area contributed by atoms with Crippen molar-refractivity contribution in [2.45, 2.75) is 25.5 Å². The number of halogens is 1. The highest BCUT2D eigenvalue weighted by Crippen LogP contribution is 2.33. The summed E-state index contributed by atoms with van der Waals surface area (Å²) in [4.78, 5) is 10.6. The molecule has 0 unspecified atom stereocenters. The van der Waals surface area contributed by atoms with E-state index < -0.39 is 19.1 Å². The van der Waals surface area contributed by atoms with Gasteiger partial charge in [0.1, 0.15) is 0 Å². The lowest BCUT2D eigenvalue weighted by Gasteiger charge is -2.08. The van der Waals surface area contributed by atoms with Crippen molar-refractivity contribution in [3.05, 3.63) is 33.9 Å². The fourth-order valence-corrected chi connectivity index (χ4v) is 2.99. The molecule has 1 aromatic carbocycles. The number of hydrogen-bond donors (Lipinski definition) is 0. The first-order valence-electron chi connectivity index (χ1n) is 5.89. The molecule has 0 radical (unpaired) electrons. The van der Waals surface area contributed by atoms with Crippen LogP contribution in [-0.2, 0) is 15.6 Å². The Morgan fingerprint density at radius 1 is 1.38 bits per heavy atom. The summed E-state index contributed by atoms with van der Waals surface area (Å²) in [6, 6.07) is 4.54. The third-order valence-corrected chi connectivity index (χ3v) is 4.07. The van der Waals surface area contributed by atoms with Crippen molar-refractivity contribution < 1.29 is 13.3 Å². The zero-order valence-corrected chi connectivity index (χ0v) is 12.7. The van der Waals surface area contributed by atoms with Crippen molar-refractivity contribution in [2.75, 3.05) is 0 Å². The normalized spacial score (nSPS) is 11.6. The summed E-state index contributed by atoms with van der Waals surface area (Å²) in [5.74, 6) is 0.0986. The van der Waals surface area contributed by atoms with Crippen molar-refractivity contribution in [2.24, 2.45) is 0 Å². The van der Waals surface area contributed by atoms with Crippen molar-refractivity contribution in [3.63, 3.8) is 0 Å². The molecule has 0 saturated carbocycles. The Bertz CT molecular complexity index is 816. The largest absolute Gasteiger partial charge is 0.297 e. The SMILES string of the molecule is CCn1c(-c2c(C)cccc2[N+](=O)[O-])nnc1S(=O)(=O)Cl. The molecule has 0 N–H and O–H groups in total. The van der Waals surface area contributed by atoms with E-state index in [1.807, 2.05) is 0 Å². The van der Waals surface area contributed by atoms with Crippen molar-refractivity contribution in [3.8, 4) is 11.4 Å². The molecule has 0 saturated heterocycles. The summed E-state index contributed by atoms with van der Waals surface area (Å²) in [6.45, 7) is 3.55. The Hall–Kier alpha value is -2.00. The fourth-order valence-electron chi connectivity index (χ4n) is 2.03. The van der Waals surface area contributed by atoms with Gasteiger partial charge in [-0.3, -0.25) is 14.7 Å². The van der Waals surface area contributed by atoms with Gasteiger partial charge in [-0.25, -0.2) is 8.42 Å². The summed E-state index contributed by atoms with van der Waals surface area (Å²) in [7, 11) is 1.21. The van der Waals surface area contributed by atoms with Gasteiger partial charge in [0.25, 0.3) is 19.9 Å². The molecule has 0 atom stereocenters. The van der Waals surface area contributed by atoms with Gasteiger partial charge in [-0.15, -0.1) is 10.2 Å². The third-order valence-electron chi connectivity index (χ3n) is 2.92. The van der Waals surface area contributed by atoms with Crippen LogP contribution < -0.4 is 0 Å². The standard InChI is InChI=1S/C11H11ClN4O4S/c1-3-15-10(13-14-11(15)21(12,19)20)9-7(2)5-4-6-8(9)16(17)18/h4-6H,3H2,1-2H3. The molecule has 0 aliphatic carbocycles. The van der Waals surface area contributed by atoms with E-state index in [0.717, 1.165) is 0 Å². The first-order valence-corrected chi connectivity index (χ1v) is 8.20. The molecule has 0 amide bonds. The molecule has 0 aliphatic heterocycles. The van der Waals surface area contributed by atoms with E-state index >= 15 is 0 Å². The van der Waals surface area contributed by atoms with Crippen LogP contribution in [0.1, 0.15) is 12.5 Å². The molecule has 112 valence electrons. The Balaban J connectivity index is 2.81. The number of hydrogen-bond acceptors (Lipinski definition) is 6. The highest BCUT2D eigenvalue weighted by molar-refractivity contribution is 8.13. The smallest absolute Gasteiger partial charge is 0.296 e. The van der Waals surface area contributed by atoms with Crippen LogP contribution >= 0.6 is 10.7 Å². The maximum atomic E-state index is 11.5. The fraction of sp³-hybridized carbons (Fsp3) is 0.273. The van der Waals surface area contributed by atoms with Crippen LogP contribution in [0.25, 0.3) is 11.4 Å². The zero-order chi connectivity index (χ0) is 15.8. The van der Waals surface area contributed by atoms with E-state index in [9.17, 15) is 18.5 Å². The van der Waals surface area contributed by atoms with Gasteiger partial charge in [-0.2, -0.15) is 0 Å². The molecule has 10 heteroatoms. The molecule has 8 nitrogen and oxygen atoms in total. The predicted octanol–water partition coefficient (Wildman–Crippen LogP) is 2.11. The van der Waals surface area contributed by atoms with E-state index in [1.165, 1.54) is 10.6 Å². The second kappa shape index (κ2) is 5.41. The molecular weight excluding hydrogens is 320 g/mol. The monoisotopic (exact) mass is 330 g/mol. The number of nitro benzene ring substituents is 1. The van der Waals surface area contributed by atoms with Gasteiger partial charge in [0.2, 0.25) is 0 Å². The summed E-state index contributed by atoms with van der Waals surface area (Å²) in [5.41, 5.74) is 0.642. The summed E-state index contributed by atoms with van der Waals surface area (Å²) < 4.78 is 24.2. The van der Waals surface area contributed by atoms with E-state index in [1.54, 1.807) is 26.0 Å². The van der Waals surface area contributed by atoms with E-state index in [-0.39, 0.29) is 23.6 Å². The highest BCUT2D eigenvalue weighted by atomic mass is 35.7. The maximum Gasteiger partial charge on any atom is 0.296 e. The Morgan fingerprint density at radius 3 is 2.57 bits per heavy atom. The van der Waals surface area contributed by atoms with Gasteiger partial charge in [-0.05, 0) is 19.4 Å². The number of nitrogens with zero attached hydrogens (tertiary/aromatic N) is 4. The first-order chi connectivity index (χ1) is 9.77. The van der Waals surface area contributed by atoms with Gasteiger partial charge < -0.3 is 0 Å². The lowest BCUT2D eigenvalue weighted by molar-refractivity contribution is -0.384. The molecule has 2 aromatic rings. The van der Waals surface area contributed by atoms with Crippen LogP contribution in [0.2, 0.25) is 0 Å². The topological polar surface area (TPSA) is 108 Å². The molecule has 1 heterocycles. The van der Waals surface area contributed by atoms with Gasteiger partial charge in [0.15, 0.2) is 5.82 Å².